The van der Waals surface area contributed by atoms with Crippen LogP contribution in [-0.4, -0.2) is 30.6 Å². The van der Waals surface area contributed by atoms with Crippen LogP contribution < -0.4 is 15.2 Å². The molecule has 3 N–H and O–H groups in total. The van der Waals surface area contributed by atoms with Crippen molar-refractivity contribution in [1.82, 2.24) is 9.78 Å². The second-order valence-corrected chi connectivity index (χ2v) is 6.57. The minimum Gasteiger partial charge on any atom is -0.491 e. The van der Waals surface area contributed by atoms with Crippen LogP contribution in [0.5, 0.6) is 5.75 Å². The summed E-state index contributed by atoms with van der Waals surface area (Å²) in [7, 11) is -3.79. The first-order valence-electron chi connectivity index (χ1n) is 7.01. The summed E-state index contributed by atoms with van der Waals surface area (Å²) < 4.78 is 36.5. The fourth-order valence-electron chi connectivity index (χ4n) is 2.48. The Morgan fingerprint density at radius 1 is 1.35 bits per heavy atom. The number of aryl methyl sites for hydroxylation is 2. The van der Waals surface area contributed by atoms with E-state index in [1.54, 1.807) is 18.2 Å². The van der Waals surface area contributed by atoms with E-state index in [1.807, 2.05) is 24.6 Å². The highest BCUT2D eigenvalue weighted by Crippen LogP contribution is 2.30. The third-order valence-electron chi connectivity index (χ3n) is 3.40. The minimum atomic E-state index is -3.79. The van der Waals surface area contributed by atoms with Gasteiger partial charge in [-0.1, -0.05) is 6.07 Å². The molecule has 9 heteroatoms. The smallest absolute Gasteiger partial charge is 0.344 e. The van der Waals surface area contributed by atoms with E-state index in [0.717, 1.165) is 11.4 Å². The van der Waals surface area contributed by atoms with Crippen LogP contribution in [0.15, 0.2) is 28.7 Å². The molecule has 1 aromatic carbocycles. The molecule has 3 rings (SSSR count). The van der Waals surface area contributed by atoms with E-state index >= 15 is 0 Å². The topological polar surface area (TPSA) is 112 Å². The van der Waals surface area contributed by atoms with Crippen molar-refractivity contribution in [1.29, 1.82) is 0 Å². The number of anilines is 1. The first-order chi connectivity index (χ1) is 10.9. The van der Waals surface area contributed by atoms with E-state index in [-0.39, 0.29) is 5.84 Å². The maximum absolute atomic E-state index is 11.5. The van der Waals surface area contributed by atoms with Crippen LogP contribution in [0, 0.1) is 13.8 Å². The Hall–Kier alpha value is -2.55. The normalized spacial score (nSPS) is 15.5. The molecule has 2 aromatic rings. The molecule has 0 unspecified atom stereocenters. The largest absolute Gasteiger partial charge is 0.491 e. The van der Waals surface area contributed by atoms with Crippen molar-refractivity contribution in [2.75, 3.05) is 11.3 Å². The molecule has 8 nitrogen and oxygen atoms in total. The highest BCUT2D eigenvalue weighted by atomic mass is 32.2. The van der Waals surface area contributed by atoms with Gasteiger partial charge >= 0.3 is 10.2 Å². The van der Waals surface area contributed by atoms with Crippen LogP contribution in [0.2, 0.25) is 0 Å². The van der Waals surface area contributed by atoms with Crippen molar-refractivity contribution >= 4 is 21.7 Å². The van der Waals surface area contributed by atoms with E-state index in [1.165, 1.54) is 0 Å². The minimum absolute atomic E-state index is 0.0829. The van der Waals surface area contributed by atoms with Gasteiger partial charge < -0.3 is 10.5 Å². The lowest BCUT2D eigenvalue weighted by Crippen LogP contribution is -2.27. The van der Waals surface area contributed by atoms with Gasteiger partial charge in [-0.15, -0.1) is 4.40 Å². The summed E-state index contributed by atoms with van der Waals surface area (Å²) in [6.45, 7) is 4.86. The summed E-state index contributed by atoms with van der Waals surface area (Å²) in [5.74, 6) is 0.396. The van der Waals surface area contributed by atoms with Gasteiger partial charge in [0.15, 0.2) is 5.84 Å². The monoisotopic (exact) mass is 335 g/mol. The molecule has 0 spiro atoms. The summed E-state index contributed by atoms with van der Waals surface area (Å²) in [4.78, 5) is 0. The van der Waals surface area contributed by atoms with Crippen LogP contribution in [-0.2, 0) is 16.8 Å². The summed E-state index contributed by atoms with van der Waals surface area (Å²) in [6, 6.07) is 7.02. The Morgan fingerprint density at radius 3 is 2.83 bits per heavy atom. The van der Waals surface area contributed by atoms with Gasteiger partial charge in [-0.25, -0.2) is 0 Å². The molecule has 0 atom stereocenters. The summed E-state index contributed by atoms with van der Waals surface area (Å²) in [5.41, 5.74) is 8.58. The number of hydrogen-bond acceptors (Lipinski definition) is 5. The van der Waals surface area contributed by atoms with E-state index in [2.05, 4.69) is 14.2 Å². The number of benzene rings is 1. The van der Waals surface area contributed by atoms with Gasteiger partial charge in [0.05, 0.1) is 23.5 Å². The van der Waals surface area contributed by atoms with Gasteiger partial charge in [-0.3, -0.25) is 9.40 Å². The Labute approximate surface area is 134 Å². The summed E-state index contributed by atoms with van der Waals surface area (Å²) in [5, 5.41) is 4.36. The lowest BCUT2D eigenvalue weighted by Gasteiger charge is -2.19. The summed E-state index contributed by atoms with van der Waals surface area (Å²) in [6.07, 6.45) is 0. The first-order valence-corrected chi connectivity index (χ1v) is 8.45. The van der Waals surface area contributed by atoms with E-state index < -0.39 is 10.2 Å². The van der Waals surface area contributed by atoms with Crippen molar-refractivity contribution in [3.05, 3.63) is 41.2 Å². The molecule has 0 bridgehead atoms. The van der Waals surface area contributed by atoms with Crippen LogP contribution in [0.1, 0.15) is 17.0 Å². The zero-order chi connectivity index (χ0) is 16.6. The molecule has 23 heavy (non-hydrogen) atoms. The number of amidine groups is 1. The van der Waals surface area contributed by atoms with Gasteiger partial charge in [0.25, 0.3) is 0 Å². The molecule has 0 amide bonds. The number of nitrogens with zero attached hydrogens (tertiary/aromatic N) is 3. The van der Waals surface area contributed by atoms with Gasteiger partial charge in [0.1, 0.15) is 12.4 Å². The fourth-order valence-corrected chi connectivity index (χ4v) is 3.32. The molecule has 1 aliphatic heterocycles. The second kappa shape index (κ2) is 5.58. The SMILES string of the molecule is Cc1cc(C)n(CCOc2cccc3c2C(N)=NS(=O)(=O)N3)n1. The molecule has 1 aromatic heterocycles. The van der Waals surface area contributed by atoms with Crippen LogP contribution in [0.25, 0.3) is 0 Å². The van der Waals surface area contributed by atoms with E-state index in [4.69, 9.17) is 10.5 Å². The molecular weight excluding hydrogens is 318 g/mol. The first kappa shape index (κ1) is 15.3. The molecule has 0 fully saturated rings. The van der Waals surface area contributed by atoms with Gasteiger partial charge in [0.2, 0.25) is 0 Å². The van der Waals surface area contributed by atoms with Crippen molar-refractivity contribution < 1.29 is 13.2 Å². The third-order valence-corrected chi connectivity index (χ3v) is 4.32. The standard InChI is InChI=1S/C14H17N5O3S/c1-9-8-10(2)19(16-9)6-7-22-12-5-3-4-11-13(12)14(15)18-23(20,21)17-11/h3-5,8,17H,6-7H2,1-2H3,(H2,15,18). The maximum atomic E-state index is 11.5. The van der Waals surface area contributed by atoms with E-state index in [0.29, 0.717) is 30.2 Å². The Kier molecular flexibility index (Phi) is 3.72. The van der Waals surface area contributed by atoms with Gasteiger partial charge in [-0.2, -0.15) is 13.5 Å². The lowest BCUT2D eigenvalue weighted by atomic mass is 10.1. The van der Waals surface area contributed by atoms with Crippen LogP contribution >= 0.6 is 0 Å². The molecular formula is C14H17N5O3S. The average molecular weight is 335 g/mol. The van der Waals surface area contributed by atoms with Crippen LogP contribution in [0.3, 0.4) is 0 Å². The van der Waals surface area contributed by atoms with Gasteiger partial charge in [-0.05, 0) is 32.0 Å². The number of rotatable bonds is 4. The zero-order valence-corrected chi connectivity index (χ0v) is 13.6. The molecule has 0 radical (unpaired) electrons. The predicted molar refractivity (Wildman–Crippen MR) is 86.9 cm³/mol. The highest BCUT2D eigenvalue weighted by Gasteiger charge is 2.24. The lowest BCUT2D eigenvalue weighted by molar-refractivity contribution is 0.289. The van der Waals surface area contributed by atoms with Crippen molar-refractivity contribution in [2.24, 2.45) is 10.1 Å². The molecule has 0 saturated carbocycles. The molecule has 0 saturated heterocycles. The highest BCUT2D eigenvalue weighted by molar-refractivity contribution is 7.91. The zero-order valence-electron chi connectivity index (χ0n) is 12.8. The number of nitrogens with two attached hydrogens (primary N) is 1. The molecule has 2 heterocycles. The predicted octanol–water partition coefficient (Wildman–Crippen LogP) is 0.955. The number of hydrogen-bond donors (Lipinski definition) is 2. The maximum Gasteiger partial charge on any atom is 0.344 e. The van der Waals surface area contributed by atoms with Crippen LogP contribution in [0.4, 0.5) is 5.69 Å². The number of nitrogens with one attached hydrogen (secondary N) is 1. The average Bonchev–Trinajstić information content (AvgIpc) is 2.75. The Balaban J connectivity index is 1.79. The fraction of sp³-hybridized carbons (Fsp3) is 0.286. The second-order valence-electron chi connectivity index (χ2n) is 5.23. The third kappa shape index (κ3) is 3.14. The van der Waals surface area contributed by atoms with Crippen molar-refractivity contribution in [3.8, 4) is 5.75 Å². The number of fused-ring (bicyclic) bond motifs is 1. The van der Waals surface area contributed by atoms with Crippen molar-refractivity contribution in [3.63, 3.8) is 0 Å². The summed E-state index contributed by atoms with van der Waals surface area (Å²) >= 11 is 0. The molecule has 1 aliphatic rings. The Morgan fingerprint density at radius 2 is 2.13 bits per heavy atom. The Bertz CT molecular complexity index is 886. The van der Waals surface area contributed by atoms with Crippen molar-refractivity contribution in [2.45, 2.75) is 20.4 Å². The number of ether oxygens (including phenoxy) is 1. The quantitative estimate of drug-likeness (QED) is 0.864. The van der Waals surface area contributed by atoms with Gasteiger partial charge in [0, 0.05) is 5.69 Å². The van der Waals surface area contributed by atoms with E-state index in [9.17, 15) is 8.42 Å². The number of aromatic nitrogens is 2. The molecule has 0 aliphatic carbocycles. The molecule has 122 valence electrons.